The van der Waals surface area contributed by atoms with Crippen molar-refractivity contribution in [3.05, 3.63) is 41.6 Å². The van der Waals surface area contributed by atoms with Crippen molar-refractivity contribution in [2.45, 2.75) is 26.2 Å². The van der Waals surface area contributed by atoms with Gasteiger partial charge in [0.05, 0.1) is 11.4 Å². The Hall–Kier alpha value is -3.37. The normalized spacial score (nSPS) is 14.3. The van der Waals surface area contributed by atoms with Crippen LogP contribution in [-0.4, -0.2) is 53.6 Å². The summed E-state index contributed by atoms with van der Waals surface area (Å²) in [5.41, 5.74) is 0.602. The molecule has 172 valence electrons. The summed E-state index contributed by atoms with van der Waals surface area (Å²) in [7, 11) is 1.46. The van der Waals surface area contributed by atoms with Crippen LogP contribution in [0.1, 0.15) is 40.2 Å². The van der Waals surface area contributed by atoms with E-state index in [1.165, 1.54) is 19.4 Å². The summed E-state index contributed by atoms with van der Waals surface area (Å²) in [5, 5.41) is 7.31. The third-order valence-corrected chi connectivity index (χ3v) is 5.16. The van der Waals surface area contributed by atoms with E-state index >= 15 is 0 Å². The van der Waals surface area contributed by atoms with Gasteiger partial charge < -0.3 is 15.5 Å². The Bertz CT molecular complexity index is 964. The van der Waals surface area contributed by atoms with E-state index < -0.39 is 23.7 Å². The number of hydrogen-bond acceptors (Lipinski definition) is 6. The van der Waals surface area contributed by atoms with E-state index in [1.54, 1.807) is 13.0 Å². The molecule has 3 N–H and O–H groups in total. The molecule has 1 aliphatic rings. The minimum atomic E-state index is -0.692. The minimum Gasteiger partial charge on any atom is -0.368 e. The van der Waals surface area contributed by atoms with E-state index in [2.05, 4.69) is 30.9 Å². The first-order valence-electron chi connectivity index (χ1n) is 10.1. The number of carbonyl (C=O) groups is 2. The predicted octanol–water partition coefficient (Wildman–Crippen LogP) is 2.85. The number of aromatic nitrogens is 3. The van der Waals surface area contributed by atoms with Crippen LogP contribution in [0.2, 0.25) is 0 Å². The highest BCUT2D eigenvalue weighted by atomic mass is 19.1. The topological polar surface area (TPSA) is 112 Å². The van der Waals surface area contributed by atoms with Crippen LogP contribution in [0, 0.1) is 17.7 Å². The second-order valence-electron chi connectivity index (χ2n) is 7.19. The Kier molecular flexibility index (Phi) is 7.27. The standard InChI is InChI=1S/C20H25F2N7O2.3H2/c1-3-24-20(31)28-18-16(21)14(25-11-26-18)10-12-6-8-29(9-7-12)15-5-4-13(19(30)23-2)27-17(15)22;;;/h4-5,11-12H,3,6-10H2,1-2H3,(H,23,30)(H2,24,25,26,28,31);3*1H. The van der Waals surface area contributed by atoms with Crippen LogP contribution in [0.15, 0.2) is 18.5 Å². The molecule has 1 aliphatic heterocycles. The monoisotopic (exact) mass is 439 g/mol. The number of piperidine rings is 1. The molecule has 3 heterocycles. The Morgan fingerprint density at radius 2 is 1.97 bits per heavy atom. The SMILES string of the molecule is CCNC(=O)Nc1ncnc(CC2CCN(c3ccc(C(=O)NC)nc3F)CC2)c1F.[HH].[HH].[HH]. The zero-order valence-corrected chi connectivity index (χ0v) is 17.4. The lowest BCUT2D eigenvalue weighted by molar-refractivity contribution is 0.0957. The average Bonchev–Trinajstić information content (AvgIpc) is 2.76. The fraction of sp³-hybridized carbons (Fsp3) is 0.450. The molecular formula is C20H31F2N7O2. The number of amides is 3. The smallest absolute Gasteiger partial charge is 0.320 e. The summed E-state index contributed by atoms with van der Waals surface area (Å²) in [6, 6.07) is 2.51. The van der Waals surface area contributed by atoms with Crippen LogP contribution in [0.4, 0.5) is 25.1 Å². The molecule has 0 bridgehead atoms. The van der Waals surface area contributed by atoms with Gasteiger partial charge in [-0.15, -0.1) is 0 Å². The van der Waals surface area contributed by atoms with Crippen molar-refractivity contribution in [2.75, 3.05) is 36.9 Å². The number of nitrogens with one attached hydrogen (secondary N) is 3. The first kappa shape index (κ1) is 22.3. The molecule has 9 nitrogen and oxygen atoms in total. The van der Waals surface area contributed by atoms with Crippen molar-refractivity contribution in [1.29, 1.82) is 0 Å². The van der Waals surface area contributed by atoms with E-state index in [4.69, 9.17) is 0 Å². The Morgan fingerprint density at radius 3 is 2.61 bits per heavy atom. The highest BCUT2D eigenvalue weighted by Gasteiger charge is 2.25. The van der Waals surface area contributed by atoms with Gasteiger partial charge in [-0.1, -0.05) is 0 Å². The molecule has 0 unspecified atom stereocenters. The largest absolute Gasteiger partial charge is 0.368 e. The van der Waals surface area contributed by atoms with E-state index in [9.17, 15) is 18.4 Å². The first-order chi connectivity index (χ1) is 14.9. The van der Waals surface area contributed by atoms with Crippen LogP contribution in [0.5, 0.6) is 0 Å². The average molecular weight is 440 g/mol. The van der Waals surface area contributed by atoms with Crippen molar-refractivity contribution < 1.29 is 22.6 Å². The number of anilines is 2. The van der Waals surface area contributed by atoms with Gasteiger partial charge in [-0.25, -0.2) is 24.1 Å². The molecule has 0 radical (unpaired) electrons. The molecule has 11 heteroatoms. The van der Waals surface area contributed by atoms with Crippen molar-refractivity contribution >= 4 is 23.4 Å². The lowest BCUT2D eigenvalue weighted by Crippen LogP contribution is -2.35. The molecule has 2 aromatic heterocycles. The van der Waals surface area contributed by atoms with Gasteiger partial charge in [0.2, 0.25) is 5.95 Å². The van der Waals surface area contributed by atoms with E-state index in [1.807, 2.05) is 4.90 Å². The zero-order valence-electron chi connectivity index (χ0n) is 17.4. The van der Waals surface area contributed by atoms with Crippen molar-refractivity contribution in [1.82, 2.24) is 25.6 Å². The molecule has 0 aliphatic carbocycles. The summed E-state index contributed by atoms with van der Waals surface area (Å²) in [4.78, 5) is 36.7. The maximum absolute atomic E-state index is 14.7. The number of urea groups is 1. The molecule has 3 rings (SSSR count). The van der Waals surface area contributed by atoms with Gasteiger partial charge in [-0.05, 0) is 44.2 Å². The Labute approximate surface area is 183 Å². The highest BCUT2D eigenvalue weighted by Crippen LogP contribution is 2.28. The third kappa shape index (κ3) is 5.41. The molecule has 1 saturated heterocycles. The molecule has 31 heavy (non-hydrogen) atoms. The van der Waals surface area contributed by atoms with Gasteiger partial charge in [0.15, 0.2) is 11.6 Å². The van der Waals surface area contributed by atoms with Crippen molar-refractivity contribution in [3.8, 4) is 0 Å². The van der Waals surface area contributed by atoms with E-state index in [0.717, 1.165) is 0 Å². The third-order valence-electron chi connectivity index (χ3n) is 5.16. The summed E-state index contributed by atoms with van der Waals surface area (Å²) < 4.78 is 29.1. The molecule has 2 aromatic rings. The molecular weight excluding hydrogens is 408 g/mol. The summed E-state index contributed by atoms with van der Waals surface area (Å²) >= 11 is 0. The second kappa shape index (κ2) is 10.1. The molecule has 0 aromatic carbocycles. The number of hydrogen-bond donors (Lipinski definition) is 3. The van der Waals surface area contributed by atoms with Crippen LogP contribution >= 0.6 is 0 Å². The van der Waals surface area contributed by atoms with Gasteiger partial charge in [0.25, 0.3) is 5.91 Å². The van der Waals surface area contributed by atoms with Gasteiger partial charge in [-0.3, -0.25) is 10.1 Å². The van der Waals surface area contributed by atoms with Crippen LogP contribution in [-0.2, 0) is 6.42 Å². The number of rotatable bonds is 6. The predicted molar refractivity (Wildman–Crippen MR) is 117 cm³/mol. The van der Waals surface area contributed by atoms with Crippen molar-refractivity contribution in [2.24, 2.45) is 5.92 Å². The minimum absolute atomic E-state index is 0. The van der Waals surface area contributed by atoms with Gasteiger partial charge in [0.1, 0.15) is 12.0 Å². The van der Waals surface area contributed by atoms with Gasteiger partial charge >= 0.3 is 6.03 Å². The van der Waals surface area contributed by atoms with Gasteiger partial charge in [0, 0.05) is 31.0 Å². The molecule has 1 fully saturated rings. The number of carbonyl (C=O) groups excluding carboxylic acids is 2. The van der Waals surface area contributed by atoms with E-state index in [-0.39, 0.29) is 27.4 Å². The maximum atomic E-state index is 14.7. The summed E-state index contributed by atoms with van der Waals surface area (Å²) in [6.07, 6.45) is 3.03. The molecule has 0 atom stereocenters. The fourth-order valence-corrected chi connectivity index (χ4v) is 3.52. The van der Waals surface area contributed by atoms with Gasteiger partial charge in [-0.2, -0.15) is 4.39 Å². The summed E-state index contributed by atoms with van der Waals surface area (Å²) in [5.74, 6) is -1.78. The maximum Gasteiger partial charge on any atom is 0.320 e. The lowest BCUT2D eigenvalue weighted by Gasteiger charge is -2.33. The zero-order chi connectivity index (χ0) is 22.4. The first-order valence-corrected chi connectivity index (χ1v) is 10.1. The molecule has 0 saturated carbocycles. The van der Waals surface area contributed by atoms with Crippen LogP contribution in [0.3, 0.4) is 0 Å². The number of halogens is 2. The number of pyridine rings is 1. The Morgan fingerprint density at radius 1 is 1.23 bits per heavy atom. The molecule has 3 amide bonds. The summed E-state index contributed by atoms with van der Waals surface area (Å²) in [6.45, 7) is 3.30. The number of nitrogens with zero attached hydrogens (tertiary/aromatic N) is 4. The molecule has 0 spiro atoms. The van der Waals surface area contributed by atoms with Crippen LogP contribution in [0.25, 0.3) is 0 Å². The fourth-order valence-electron chi connectivity index (χ4n) is 3.52. The van der Waals surface area contributed by atoms with Crippen molar-refractivity contribution in [3.63, 3.8) is 0 Å². The quantitative estimate of drug-likeness (QED) is 0.597. The lowest BCUT2D eigenvalue weighted by atomic mass is 9.91. The van der Waals surface area contributed by atoms with E-state index in [0.29, 0.717) is 44.6 Å². The Balaban J connectivity index is 0.00000363. The van der Waals surface area contributed by atoms with Crippen LogP contribution < -0.4 is 20.9 Å². The highest BCUT2D eigenvalue weighted by molar-refractivity contribution is 5.92. The second-order valence-corrected chi connectivity index (χ2v) is 7.19.